The van der Waals surface area contributed by atoms with Gasteiger partial charge in [0.25, 0.3) is 11.6 Å². The fraction of sp³-hybridized carbons (Fsp3) is 0. The molecule has 0 saturated carbocycles. The summed E-state index contributed by atoms with van der Waals surface area (Å²) in [4.78, 5) is 27.8. The second-order valence-corrected chi connectivity index (χ2v) is 5.78. The summed E-state index contributed by atoms with van der Waals surface area (Å²) in [6.07, 6.45) is 0. The fourth-order valence-electron chi connectivity index (χ4n) is 2.92. The molecule has 1 heterocycles. The van der Waals surface area contributed by atoms with Gasteiger partial charge < -0.3 is 5.32 Å². The van der Waals surface area contributed by atoms with Crippen LogP contribution >= 0.6 is 0 Å². The van der Waals surface area contributed by atoms with Gasteiger partial charge >= 0.3 is 0 Å². The van der Waals surface area contributed by atoms with E-state index in [4.69, 9.17) is 0 Å². The molecule has 0 atom stereocenters. The number of hydrogen-bond acceptors (Lipinski definition) is 4. The molecule has 6 nitrogen and oxygen atoms in total. The van der Waals surface area contributed by atoms with Crippen LogP contribution in [0.3, 0.4) is 0 Å². The van der Waals surface area contributed by atoms with Crippen molar-refractivity contribution in [1.82, 2.24) is 4.98 Å². The third-order valence-electron chi connectivity index (χ3n) is 4.15. The predicted octanol–water partition coefficient (Wildman–Crippen LogP) is 4.55. The molecule has 3 aromatic carbocycles. The summed E-state index contributed by atoms with van der Waals surface area (Å²) in [6.45, 7) is 0. The van der Waals surface area contributed by atoms with E-state index in [1.54, 1.807) is 6.07 Å². The Labute approximate surface area is 148 Å². The molecule has 26 heavy (non-hydrogen) atoms. The van der Waals surface area contributed by atoms with Crippen LogP contribution in [0.5, 0.6) is 0 Å². The van der Waals surface area contributed by atoms with Gasteiger partial charge in [0, 0.05) is 28.5 Å². The maximum absolute atomic E-state index is 12.7. The number of hydrogen-bond donors (Lipinski definition) is 1. The topological polar surface area (TPSA) is 85.1 Å². The SMILES string of the molecule is O=C(Nc1c2ccccc2nc2ccccc12)c1cccc([N+](=O)[O-])c1. The lowest BCUT2D eigenvalue weighted by Gasteiger charge is -2.12. The van der Waals surface area contributed by atoms with Gasteiger partial charge in [-0.05, 0) is 18.2 Å². The van der Waals surface area contributed by atoms with Gasteiger partial charge in [0.1, 0.15) is 0 Å². The molecular formula is C20H13N3O3. The van der Waals surface area contributed by atoms with Crippen LogP contribution in [-0.2, 0) is 0 Å². The summed E-state index contributed by atoms with van der Waals surface area (Å²) in [5.74, 6) is -0.407. The second-order valence-electron chi connectivity index (χ2n) is 5.78. The summed E-state index contributed by atoms with van der Waals surface area (Å²) in [6, 6.07) is 20.7. The van der Waals surface area contributed by atoms with Crippen LogP contribution in [0.2, 0.25) is 0 Å². The molecular weight excluding hydrogens is 330 g/mol. The summed E-state index contributed by atoms with van der Waals surface area (Å²) in [7, 11) is 0. The summed E-state index contributed by atoms with van der Waals surface area (Å²) < 4.78 is 0. The van der Waals surface area contributed by atoms with E-state index >= 15 is 0 Å². The number of aromatic nitrogens is 1. The molecule has 6 heteroatoms. The van der Waals surface area contributed by atoms with Crippen LogP contribution in [-0.4, -0.2) is 15.8 Å². The molecule has 0 aliphatic heterocycles. The zero-order chi connectivity index (χ0) is 18.1. The van der Waals surface area contributed by atoms with Gasteiger partial charge in [-0.1, -0.05) is 42.5 Å². The van der Waals surface area contributed by atoms with E-state index in [1.165, 1.54) is 18.2 Å². The zero-order valence-electron chi connectivity index (χ0n) is 13.5. The number of pyridine rings is 1. The molecule has 1 amide bonds. The first-order chi connectivity index (χ1) is 12.6. The molecule has 0 saturated heterocycles. The Hall–Kier alpha value is -3.80. The highest BCUT2D eigenvalue weighted by atomic mass is 16.6. The number of nitro groups is 1. The van der Waals surface area contributed by atoms with Crippen LogP contribution in [0.25, 0.3) is 21.8 Å². The average Bonchev–Trinajstić information content (AvgIpc) is 2.67. The molecule has 0 radical (unpaired) electrons. The van der Waals surface area contributed by atoms with Crippen molar-refractivity contribution in [3.63, 3.8) is 0 Å². The lowest BCUT2D eigenvalue weighted by Crippen LogP contribution is -2.13. The molecule has 1 N–H and O–H groups in total. The van der Waals surface area contributed by atoms with Crippen molar-refractivity contribution < 1.29 is 9.72 Å². The summed E-state index contributed by atoms with van der Waals surface area (Å²) in [5, 5.41) is 15.5. The Bertz CT molecular complexity index is 1120. The van der Waals surface area contributed by atoms with E-state index in [-0.39, 0.29) is 11.3 Å². The van der Waals surface area contributed by atoms with Crippen molar-refractivity contribution in [3.8, 4) is 0 Å². The van der Waals surface area contributed by atoms with Crippen molar-refractivity contribution in [2.45, 2.75) is 0 Å². The number of anilines is 1. The number of nitrogens with one attached hydrogen (secondary N) is 1. The minimum Gasteiger partial charge on any atom is -0.321 e. The number of nitro benzene ring substituents is 1. The molecule has 0 aliphatic rings. The van der Waals surface area contributed by atoms with Crippen molar-refractivity contribution >= 4 is 39.1 Å². The van der Waals surface area contributed by atoms with Crippen LogP contribution in [0.1, 0.15) is 10.4 Å². The Kier molecular flexibility index (Phi) is 3.78. The van der Waals surface area contributed by atoms with Gasteiger partial charge in [0.05, 0.1) is 21.6 Å². The highest BCUT2D eigenvalue weighted by molar-refractivity contribution is 6.16. The first-order valence-corrected chi connectivity index (χ1v) is 7.97. The van der Waals surface area contributed by atoms with E-state index in [1.807, 2.05) is 48.5 Å². The third-order valence-corrected chi connectivity index (χ3v) is 4.15. The van der Waals surface area contributed by atoms with Crippen molar-refractivity contribution in [2.24, 2.45) is 0 Å². The molecule has 126 valence electrons. The second kappa shape index (κ2) is 6.25. The number of para-hydroxylation sites is 2. The summed E-state index contributed by atoms with van der Waals surface area (Å²) in [5.41, 5.74) is 2.27. The van der Waals surface area contributed by atoms with Gasteiger partial charge in [-0.15, -0.1) is 0 Å². The Morgan fingerprint density at radius 1 is 0.885 bits per heavy atom. The monoisotopic (exact) mass is 343 g/mol. The quantitative estimate of drug-likeness (QED) is 0.336. The van der Waals surface area contributed by atoms with E-state index in [0.29, 0.717) is 5.69 Å². The van der Waals surface area contributed by atoms with E-state index < -0.39 is 10.8 Å². The average molecular weight is 343 g/mol. The van der Waals surface area contributed by atoms with E-state index in [9.17, 15) is 14.9 Å². The fourth-order valence-corrected chi connectivity index (χ4v) is 2.92. The van der Waals surface area contributed by atoms with Gasteiger partial charge in [-0.25, -0.2) is 4.98 Å². The lowest BCUT2D eigenvalue weighted by molar-refractivity contribution is -0.384. The summed E-state index contributed by atoms with van der Waals surface area (Å²) >= 11 is 0. The first kappa shape index (κ1) is 15.7. The number of nitrogens with zero attached hydrogens (tertiary/aromatic N) is 2. The standard InChI is InChI=1S/C20H13N3O3/c24-20(13-6-5-7-14(12-13)23(25)26)22-19-15-8-1-3-10-17(15)21-18-11-4-2-9-16(18)19/h1-12H,(H,21,22,24). The highest BCUT2D eigenvalue weighted by Crippen LogP contribution is 2.31. The molecule has 1 aromatic heterocycles. The Morgan fingerprint density at radius 2 is 1.50 bits per heavy atom. The van der Waals surface area contributed by atoms with Gasteiger partial charge in [0.15, 0.2) is 0 Å². The minimum absolute atomic E-state index is 0.123. The smallest absolute Gasteiger partial charge is 0.270 e. The first-order valence-electron chi connectivity index (χ1n) is 7.97. The molecule has 4 aromatic rings. The van der Waals surface area contributed by atoms with Crippen LogP contribution in [0, 0.1) is 10.1 Å². The number of fused-ring (bicyclic) bond motifs is 2. The number of amides is 1. The molecule has 0 unspecified atom stereocenters. The van der Waals surface area contributed by atoms with Crippen LogP contribution in [0.15, 0.2) is 72.8 Å². The number of carbonyl (C=O) groups excluding carboxylic acids is 1. The maximum Gasteiger partial charge on any atom is 0.270 e. The number of benzene rings is 3. The van der Waals surface area contributed by atoms with E-state index in [2.05, 4.69) is 10.3 Å². The molecule has 0 spiro atoms. The maximum atomic E-state index is 12.7. The highest BCUT2D eigenvalue weighted by Gasteiger charge is 2.15. The zero-order valence-corrected chi connectivity index (χ0v) is 13.5. The largest absolute Gasteiger partial charge is 0.321 e. The van der Waals surface area contributed by atoms with Crippen molar-refractivity contribution in [3.05, 3.63) is 88.5 Å². The number of rotatable bonds is 3. The van der Waals surface area contributed by atoms with Crippen molar-refractivity contribution in [2.75, 3.05) is 5.32 Å². The van der Waals surface area contributed by atoms with E-state index in [0.717, 1.165) is 21.8 Å². The number of non-ortho nitro benzene ring substituents is 1. The Morgan fingerprint density at radius 3 is 2.12 bits per heavy atom. The van der Waals surface area contributed by atoms with Gasteiger partial charge in [-0.2, -0.15) is 0 Å². The molecule has 0 fully saturated rings. The molecule has 0 aliphatic carbocycles. The molecule has 4 rings (SSSR count). The number of carbonyl (C=O) groups is 1. The van der Waals surface area contributed by atoms with Gasteiger partial charge in [-0.3, -0.25) is 14.9 Å². The van der Waals surface area contributed by atoms with Crippen molar-refractivity contribution in [1.29, 1.82) is 0 Å². The minimum atomic E-state index is -0.520. The van der Waals surface area contributed by atoms with Crippen LogP contribution < -0.4 is 5.32 Å². The Balaban J connectivity index is 1.84. The van der Waals surface area contributed by atoms with Crippen LogP contribution in [0.4, 0.5) is 11.4 Å². The lowest BCUT2D eigenvalue weighted by atomic mass is 10.1. The predicted molar refractivity (Wildman–Crippen MR) is 100 cm³/mol. The normalized spacial score (nSPS) is 10.8. The third kappa shape index (κ3) is 2.73. The molecule has 0 bridgehead atoms. The van der Waals surface area contributed by atoms with Gasteiger partial charge in [0.2, 0.25) is 0 Å².